The molecule has 1 saturated heterocycles. The smallest absolute Gasteiger partial charge is 0.323 e. The second-order valence-corrected chi connectivity index (χ2v) is 6.82. The molecule has 1 fully saturated rings. The Kier molecular flexibility index (Phi) is 3.93. The third-order valence-electron chi connectivity index (χ3n) is 4.27. The summed E-state index contributed by atoms with van der Waals surface area (Å²) in [5, 5.41) is 8.30. The van der Waals surface area contributed by atoms with Gasteiger partial charge in [-0.2, -0.15) is 0 Å². The van der Waals surface area contributed by atoms with E-state index in [1.54, 1.807) is 11.1 Å². The summed E-state index contributed by atoms with van der Waals surface area (Å²) in [7, 11) is 0. The van der Waals surface area contributed by atoms with Crippen LogP contribution in [0.1, 0.15) is 17.9 Å². The molecular formula is C15H18N6O2S. The lowest BCUT2D eigenvalue weighted by molar-refractivity contribution is -0.121. The summed E-state index contributed by atoms with van der Waals surface area (Å²) >= 11 is 1.39. The van der Waals surface area contributed by atoms with Crippen molar-refractivity contribution in [1.82, 2.24) is 25.2 Å². The second kappa shape index (κ2) is 6.23. The highest BCUT2D eigenvalue weighted by Crippen LogP contribution is 2.22. The summed E-state index contributed by atoms with van der Waals surface area (Å²) in [4.78, 5) is 34.2. The topological polar surface area (TPSA) is 92.2 Å². The highest BCUT2D eigenvalue weighted by molar-refractivity contribution is 7.14. The van der Waals surface area contributed by atoms with Crippen LogP contribution < -0.4 is 15.5 Å². The number of carbonyl (C=O) groups is 2. The highest BCUT2D eigenvalue weighted by atomic mass is 32.1. The molecule has 0 spiro atoms. The van der Waals surface area contributed by atoms with Crippen molar-refractivity contribution in [2.45, 2.75) is 31.8 Å². The van der Waals surface area contributed by atoms with Gasteiger partial charge in [-0.1, -0.05) is 0 Å². The number of urea groups is 1. The lowest BCUT2D eigenvalue weighted by Crippen LogP contribution is -2.41. The zero-order chi connectivity index (χ0) is 16.5. The number of amides is 3. The largest absolute Gasteiger partial charge is 0.351 e. The van der Waals surface area contributed by atoms with Crippen molar-refractivity contribution in [2.75, 3.05) is 18.0 Å². The Morgan fingerprint density at radius 1 is 1.50 bits per heavy atom. The van der Waals surface area contributed by atoms with E-state index in [-0.39, 0.29) is 24.4 Å². The Labute approximate surface area is 142 Å². The van der Waals surface area contributed by atoms with Crippen molar-refractivity contribution >= 4 is 28.4 Å². The van der Waals surface area contributed by atoms with Gasteiger partial charge in [0, 0.05) is 49.9 Å². The van der Waals surface area contributed by atoms with Gasteiger partial charge in [-0.05, 0) is 6.42 Å². The molecule has 4 rings (SSSR count). The third kappa shape index (κ3) is 2.99. The van der Waals surface area contributed by atoms with Crippen molar-refractivity contribution in [1.29, 1.82) is 0 Å². The predicted molar refractivity (Wildman–Crippen MR) is 89.0 cm³/mol. The molecule has 8 nitrogen and oxygen atoms in total. The molecule has 2 aromatic rings. The maximum absolute atomic E-state index is 12.3. The molecule has 126 valence electrons. The van der Waals surface area contributed by atoms with Crippen LogP contribution in [0.3, 0.4) is 0 Å². The molecule has 24 heavy (non-hydrogen) atoms. The first-order chi connectivity index (χ1) is 11.7. The number of carbonyl (C=O) groups excluding carboxylic acids is 2. The van der Waals surface area contributed by atoms with Gasteiger partial charge in [0.15, 0.2) is 5.13 Å². The molecule has 2 N–H and O–H groups in total. The van der Waals surface area contributed by atoms with E-state index < -0.39 is 0 Å². The van der Waals surface area contributed by atoms with Crippen LogP contribution in [0, 0.1) is 0 Å². The molecule has 0 saturated carbocycles. The van der Waals surface area contributed by atoms with Gasteiger partial charge in [0.1, 0.15) is 5.82 Å². The maximum atomic E-state index is 12.3. The first kappa shape index (κ1) is 15.1. The quantitative estimate of drug-likeness (QED) is 0.845. The minimum Gasteiger partial charge on any atom is -0.351 e. The molecule has 0 radical (unpaired) electrons. The fourth-order valence-corrected chi connectivity index (χ4v) is 3.93. The summed E-state index contributed by atoms with van der Waals surface area (Å²) in [6.45, 7) is 2.01. The average molecular weight is 346 g/mol. The van der Waals surface area contributed by atoms with Gasteiger partial charge in [0.25, 0.3) is 0 Å². The van der Waals surface area contributed by atoms with Crippen LogP contribution in [0.25, 0.3) is 0 Å². The lowest BCUT2D eigenvalue weighted by Gasteiger charge is -2.24. The summed E-state index contributed by atoms with van der Waals surface area (Å²) in [6.07, 6.45) is 5.76. The van der Waals surface area contributed by atoms with Crippen molar-refractivity contribution in [3.8, 4) is 0 Å². The molecule has 2 aliphatic rings. The maximum Gasteiger partial charge on any atom is 0.323 e. The van der Waals surface area contributed by atoms with Crippen LogP contribution in [0.2, 0.25) is 0 Å². The van der Waals surface area contributed by atoms with Crippen LogP contribution >= 0.6 is 11.3 Å². The van der Waals surface area contributed by atoms with Crippen molar-refractivity contribution in [3.63, 3.8) is 0 Å². The van der Waals surface area contributed by atoms with Crippen LogP contribution in [-0.2, 0) is 24.2 Å². The molecule has 9 heteroatoms. The van der Waals surface area contributed by atoms with E-state index in [1.165, 1.54) is 11.3 Å². The van der Waals surface area contributed by atoms with E-state index in [2.05, 4.69) is 25.2 Å². The first-order valence-corrected chi connectivity index (χ1v) is 8.86. The molecule has 2 aromatic heterocycles. The third-order valence-corrected chi connectivity index (χ3v) is 5.18. The summed E-state index contributed by atoms with van der Waals surface area (Å²) < 4.78 is 2.08. The van der Waals surface area contributed by atoms with Crippen LogP contribution in [0.15, 0.2) is 17.8 Å². The predicted octanol–water partition coefficient (Wildman–Crippen LogP) is 0.543. The standard InChI is InChI=1S/C15H18N6O2S/c22-13(18-10-1-2-12-16-3-5-20(12)8-10)7-11-9-24-15(19-11)21-6-4-17-14(21)23/h3,5,9-10H,1-2,4,6-8H2,(H,17,23)(H,18,22)/t10-/m1/s1. The van der Waals surface area contributed by atoms with E-state index in [0.29, 0.717) is 23.9 Å². The number of thiazole rings is 1. The summed E-state index contributed by atoms with van der Waals surface area (Å²) in [5.41, 5.74) is 0.700. The molecule has 0 aromatic carbocycles. The Bertz CT molecular complexity index is 770. The number of nitrogens with one attached hydrogen (secondary N) is 2. The Hall–Kier alpha value is -2.42. The van der Waals surface area contributed by atoms with Crippen LogP contribution in [0.4, 0.5) is 9.93 Å². The number of hydrogen-bond donors (Lipinski definition) is 2. The molecule has 4 heterocycles. The fourth-order valence-electron chi connectivity index (χ4n) is 3.08. The van der Waals surface area contributed by atoms with Gasteiger partial charge in [0.2, 0.25) is 5.91 Å². The van der Waals surface area contributed by atoms with E-state index in [1.807, 2.05) is 11.6 Å². The number of imidazole rings is 1. The highest BCUT2D eigenvalue weighted by Gasteiger charge is 2.25. The van der Waals surface area contributed by atoms with Gasteiger partial charge in [-0.3, -0.25) is 9.69 Å². The van der Waals surface area contributed by atoms with E-state index >= 15 is 0 Å². The lowest BCUT2D eigenvalue weighted by atomic mass is 10.1. The number of rotatable bonds is 4. The monoisotopic (exact) mass is 346 g/mol. The number of fused-ring (bicyclic) bond motifs is 1. The zero-order valence-corrected chi connectivity index (χ0v) is 13.9. The van der Waals surface area contributed by atoms with Crippen LogP contribution in [-0.4, -0.2) is 45.6 Å². The first-order valence-electron chi connectivity index (χ1n) is 7.98. The number of hydrogen-bond acceptors (Lipinski definition) is 5. The van der Waals surface area contributed by atoms with E-state index in [9.17, 15) is 9.59 Å². The van der Waals surface area contributed by atoms with Crippen molar-refractivity contribution in [3.05, 3.63) is 29.3 Å². The van der Waals surface area contributed by atoms with Gasteiger partial charge >= 0.3 is 6.03 Å². The van der Waals surface area contributed by atoms with E-state index in [0.717, 1.165) is 25.2 Å². The molecule has 0 aliphatic carbocycles. The number of aromatic nitrogens is 3. The Morgan fingerprint density at radius 2 is 2.42 bits per heavy atom. The molecule has 1 atom stereocenters. The number of nitrogens with zero attached hydrogens (tertiary/aromatic N) is 4. The van der Waals surface area contributed by atoms with Gasteiger partial charge in [-0.25, -0.2) is 14.8 Å². The average Bonchev–Trinajstić information content (AvgIpc) is 3.27. The fraction of sp³-hybridized carbons (Fsp3) is 0.467. The van der Waals surface area contributed by atoms with Gasteiger partial charge in [0.05, 0.1) is 12.1 Å². The van der Waals surface area contributed by atoms with E-state index in [4.69, 9.17) is 0 Å². The Morgan fingerprint density at radius 3 is 3.25 bits per heavy atom. The SMILES string of the molecule is O=C(Cc1csc(N2CCNC2=O)n1)N[C@@H]1CCc2nccn2C1. The molecule has 2 aliphatic heterocycles. The van der Waals surface area contributed by atoms with Crippen molar-refractivity contribution in [2.24, 2.45) is 0 Å². The summed E-state index contributed by atoms with van der Waals surface area (Å²) in [6, 6.07) is 0.000333. The van der Waals surface area contributed by atoms with Crippen LogP contribution in [0.5, 0.6) is 0 Å². The van der Waals surface area contributed by atoms with Gasteiger partial charge < -0.3 is 15.2 Å². The zero-order valence-electron chi connectivity index (χ0n) is 13.1. The molecule has 0 unspecified atom stereocenters. The number of anilines is 1. The number of aryl methyl sites for hydroxylation is 1. The molecule has 0 bridgehead atoms. The minimum absolute atomic E-state index is 0.0358. The summed E-state index contributed by atoms with van der Waals surface area (Å²) in [5.74, 6) is 1.04. The Balaban J connectivity index is 1.33. The second-order valence-electron chi connectivity index (χ2n) is 5.98. The normalized spacial score (nSPS) is 19.9. The minimum atomic E-state index is -0.126. The van der Waals surface area contributed by atoms with Crippen molar-refractivity contribution < 1.29 is 9.59 Å². The van der Waals surface area contributed by atoms with Gasteiger partial charge in [-0.15, -0.1) is 11.3 Å². The molecular weight excluding hydrogens is 328 g/mol. The molecule has 3 amide bonds.